The minimum atomic E-state index is -0.789. The third-order valence-corrected chi connectivity index (χ3v) is 8.11. The Balaban J connectivity index is 1.71. The summed E-state index contributed by atoms with van der Waals surface area (Å²) < 4.78 is 0. The van der Waals surface area contributed by atoms with E-state index in [9.17, 15) is 20.4 Å². The number of hydrogen-bond acceptors (Lipinski definition) is 4. The van der Waals surface area contributed by atoms with Crippen molar-refractivity contribution in [3.8, 4) is 0 Å². The molecule has 0 amide bonds. The van der Waals surface area contributed by atoms with E-state index in [1.165, 1.54) is 5.57 Å². The van der Waals surface area contributed by atoms with E-state index >= 15 is 0 Å². The van der Waals surface area contributed by atoms with Crippen LogP contribution in [-0.2, 0) is 0 Å². The molecule has 0 spiro atoms. The van der Waals surface area contributed by atoms with Crippen LogP contribution in [0.5, 0.6) is 0 Å². The Bertz CT molecular complexity index is 517. The molecule has 0 aromatic carbocycles. The van der Waals surface area contributed by atoms with Crippen molar-refractivity contribution >= 4 is 0 Å². The van der Waals surface area contributed by atoms with E-state index in [2.05, 4.69) is 6.92 Å². The molecule has 4 heteroatoms. The van der Waals surface area contributed by atoms with Crippen LogP contribution >= 0.6 is 0 Å². The largest absolute Gasteiger partial charge is 0.395 e. The van der Waals surface area contributed by atoms with Crippen molar-refractivity contribution in [2.24, 2.45) is 28.6 Å². The van der Waals surface area contributed by atoms with Crippen LogP contribution in [0.2, 0.25) is 0 Å². The Labute approximate surface area is 138 Å². The van der Waals surface area contributed by atoms with Crippen molar-refractivity contribution in [1.29, 1.82) is 0 Å². The van der Waals surface area contributed by atoms with Crippen LogP contribution in [0.15, 0.2) is 11.6 Å². The van der Waals surface area contributed by atoms with Gasteiger partial charge in [0.2, 0.25) is 0 Å². The average molecular weight is 322 g/mol. The van der Waals surface area contributed by atoms with Gasteiger partial charge in [-0.05, 0) is 68.1 Å². The van der Waals surface area contributed by atoms with Crippen LogP contribution < -0.4 is 0 Å². The summed E-state index contributed by atoms with van der Waals surface area (Å²) in [5.74, 6) is 1.43. The zero-order valence-electron chi connectivity index (χ0n) is 14.0. The molecule has 3 saturated carbocycles. The van der Waals surface area contributed by atoms with Crippen LogP contribution in [-0.4, -0.2) is 45.3 Å². The summed E-state index contributed by atoms with van der Waals surface area (Å²) >= 11 is 0. The maximum absolute atomic E-state index is 10.5. The lowest BCUT2D eigenvalue weighted by Crippen LogP contribution is -2.55. The first-order valence-electron chi connectivity index (χ1n) is 9.28. The molecule has 3 fully saturated rings. The lowest BCUT2D eigenvalue weighted by atomic mass is 9.46. The summed E-state index contributed by atoms with van der Waals surface area (Å²) in [6, 6.07) is 0. The van der Waals surface area contributed by atoms with Crippen LogP contribution in [0.1, 0.15) is 51.9 Å². The van der Waals surface area contributed by atoms with Gasteiger partial charge in [0, 0.05) is 5.41 Å². The van der Waals surface area contributed by atoms with Crippen molar-refractivity contribution in [2.45, 2.75) is 70.2 Å². The topological polar surface area (TPSA) is 80.9 Å². The van der Waals surface area contributed by atoms with Gasteiger partial charge in [-0.1, -0.05) is 18.6 Å². The van der Waals surface area contributed by atoms with Crippen molar-refractivity contribution in [1.82, 2.24) is 0 Å². The zero-order chi connectivity index (χ0) is 16.4. The monoisotopic (exact) mass is 322 g/mol. The Morgan fingerprint density at radius 2 is 1.87 bits per heavy atom. The molecule has 0 bridgehead atoms. The second kappa shape index (κ2) is 5.29. The second-order valence-electron chi connectivity index (χ2n) is 8.82. The van der Waals surface area contributed by atoms with Crippen molar-refractivity contribution < 1.29 is 20.4 Å². The van der Waals surface area contributed by atoms with Crippen LogP contribution in [0.4, 0.5) is 0 Å². The molecule has 4 N–H and O–H groups in total. The minimum Gasteiger partial charge on any atom is -0.395 e. The lowest BCUT2D eigenvalue weighted by Gasteiger charge is -2.59. The molecule has 4 aliphatic carbocycles. The zero-order valence-corrected chi connectivity index (χ0v) is 14.0. The summed E-state index contributed by atoms with van der Waals surface area (Å²) in [7, 11) is 0. The molecule has 0 aromatic heterocycles. The van der Waals surface area contributed by atoms with Gasteiger partial charge < -0.3 is 20.4 Å². The average Bonchev–Trinajstić information content (AvgIpc) is 2.84. The third kappa shape index (κ3) is 2.05. The van der Waals surface area contributed by atoms with Gasteiger partial charge in [-0.25, -0.2) is 0 Å². The van der Waals surface area contributed by atoms with Crippen LogP contribution in [0, 0.1) is 28.6 Å². The van der Waals surface area contributed by atoms with E-state index in [4.69, 9.17) is 0 Å². The fraction of sp³-hybridized carbons (Fsp3) is 0.895. The van der Waals surface area contributed by atoms with E-state index in [1.807, 2.05) is 6.08 Å². The van der Waals surface area contributed by atoms with Gasteiger partial charge in [-0.15, -0.1) is 0 Å². The molecule has 0 saturated heterocycles. The van der Waals surface area contributed by atoms with Crippen molar-refractivity contribution in [3.63, 3.8) is 0 Å². The fourth-order valence-corrected chi connectivity index (χ4v) is 6.78. The quantitative estimate of drug-likeness (QED) is 0.553. The smallest absolute Gasteiger partial charge is 0.0983 e. The summed E-state index contributed by atoms with van der Waals surface area (Å²) in [5.41, 5.74) is 0.851. The highest BCUT2D eigenvalue weighted by atomic mass is 16.3. The standard InChI is InChI=1S/C19H30O4/c1-18-7-6-14-12(13(18)4-5-17(18)23)3-2-11-8-15(21)16(22)9-19(11,14)10-20/h8,12-17,20-23H,2-7,9-10H2,1H3/t12-,13-,14-,15+,16-,17-,18-,19+/m0/s1. The molecule has 4 rings (SSSR count). The second-order valence-corrected chi connectivity index (χ2v) is 8.82. The van der Waals surface area contributed by atoms with Gasteiger partial charge in [0.25, 0.3) is 0 Å². The van der Waals surface area contributed by atoms with Crippen molar-refractivity contribution in [2.75, 3.05) is 6.61 Å². The van der Waals surface area contributed by atoms with Crippen LogP contribution in [0.3, 0.4) is 0 Å². The van der Waals surface area contributed by atoms with Gasteiger partial charge in [-0.3, -0.25) is 0 Å². The predicted molar refractivity (Wildman–Crippen MR) is 86.5 cm³/mol. The normalized spacial score (nSPS) is 55.6. The Hall–Kier alpha value is -0.420. The summed E-state index contributed by atoms with van der Waals surface area (Å²) in [6.45, 7) is 2.32. The molecule has 23 heavy (non-hydrogen) atoms. The van der Waals surface area contributed by atoms with E-state index in [0.29, 0.717) is 24.2 Å². The molecule has 8 atom stereocenters. The highest BCUT2D eigenvalue weighted by Gasteiger charge is 2.60. The van der Waals surface area contributed by atoms with Crippen molar-refractivity contribution in [3.05, 3.63) is 11.6 Å². The molecule has 0 unspecified atom stereocenters. The molecule has 0 heterocycles. The highest BCUT2D eigenvalue weighted by molar-refractivity contribution is 5.28. The SMILES string of the molecule is C[C@]12CC[C@H]3[C@@H](CCC4=C[C@@H](O)[C@@H](O)C[C@@]43CO)[C@@H]1CC[C@@H]2O. The number of aliphatic hydroxyl groups is 4. The molecule has 4 nitrogen and oxygen atoms in total. The van der Waals surface area contributed by atoms with Gasteiger partial charge in [-0.2, -0.15) is 0 Å². The first kappa shape index (κ1) is 16.1. The fourth-order valence-electron chi connectivity index (χ4n) is 6.78. The molecule has 0 aliphatic heterocycles. The third-order valence-electron chi connectivity index (χ3n) is 8.11. The van der Waals surface area contributed by atoms with Crippen LogP contribution in [0.25, 0.3) is 0 Å². The minimum absolute atomic E-state index is 0.0336. The number of aliphatic hydroxyl groups excluding tert-OH is 4. The lowest BCUT2D eigenvalue weighted by molar-refractivity contribution is -0.110. The number of rotatable bonds is 1. The molecule has 4 aliphatic rings. The molecular formula is C19H30O4. The maximum Gasteiger partial charge on any atom is 0.0983 e. The molecular weight excluding hydrogens is 292 g/mol. The molecule has 0 aromatic rings. The van der Waals surface area contributed by atoms with E-state index < -0.39 is 12.2 Å². The first-order chi connectivity index (χ1) is 10.9. The number of hydrogen-bond donors (Lipinski definition) is 4. The van der Waals surface area contributed by atoms with Gasteiger partial charge >= 0.3 is 0 Å². The van der Waals surface area contributed by atoms with Gasteiger partial charge in [0.1, 0.15) is 0 Å². The van der Waals surface area contributed by atoms with Gasteiger partial charge in [0.15, 0.2) is 0 Å². The Kier molecular flexibility index (Phi) is 3.69. The first-order valence-corrected chi connectivity index (χ1v) is 9.28. The summed E-state index contributed by atoms with van der Waals surface area (Å²) in [6.07, 6.45) is 6.56. The molecule has 0 radical (unpaired) electrons. The number of fused-ring (bicyclic) bond motifs is 5. The van der Waals surface area contributed by atoms with E-state index in [0.717, 1.165) is 38.5 Å². The highest BCUT2D eigenvalue weighted by Crippen LogP contribution is 2.65. The predicted octanol–water partition coefficient (Wildman–Crippen LogP) is 1.61. The maximum atomic E-state index is 10.5. The summed E-state index contributed by atoms with van der Waals surface area (Å²) in [4.78, 5) is 0. The molecule has 130 valence electrons. The summed E-state index contributed by atoms with van der Waals surface area (Å²) in [5, 5.41) is 41.0. The Morgan fingerprint density at radius 1 is 1.09 bits per heavy atom. The Morgan fingerprint density at radius 3 is 2.61 bits per heavy atom. The van der Waals surface area contributed by atoms with E-state index in [1.54, 1.807) is 0 Å². The van der Waals surface area contributed by atoms with E-state index in [-0.39, 0.29) is 23.5 Å². The van der Waals surface area contributed by atoms with Gasteiger partial charge in [0.05, 0.1) is 24.9 Å².